The normalized spacial score (nSPS) is 17.5. The van der Waals surface area contributed by atoms with Gasteiger partial charge in [-0.3, -0.25) is 9.69 Å². The maximum atomic E-state index is 13.1. The number of aromatic amines is 1. The Morgan fingerprint density at radius 1 is 1.19 bits per heavy atom. The fourth-order valence-electron chi connectivity index (χ4n) is 4.46. The SMILES string of the molecule is CC(C)(C)OC(=O)N1CCN(Cc2c(O)ccc3c2O/C(=C\c2c[nH]c4ccc(Br)cc24)C3=O)CC1. The van der Waals surface area contributed by atoms with Crippen molar-refractivity contribution in [2.24, 2.45) is 0 Å². The van der Waals surface area contributed by atoms with Gasteiger partial charge in [-0.1, -0.05) is 15.9 Å². The van der Waals surface area contributed by atoms with Gasteiger partial charge in [0.1, 0.15) is 17.1 Å². The average molecular weight is 554 g/mol. The van der Waals surface area contributed by atoms with Gasteiger partial charge < -0.3 is 24.5 Å². The second-order valence-electron chi connectivity index (χ2n) is 10.1. The number of aromatic hydroxyl groups is 1. The number of allylic oxidation sites excluding steroid dienone is 1. The Morgan fingerprint density at radius 2 is 1.94 bits per heavy atom. The number of aromatic nitrogens is 1. The third kappa shape index (κ3) is 4.85. The van der Waals surface area contributed by atoms with E-state index in [1.807, 2.05) is 45.2 Å². The fourth-order valence-corrected chi connectivity index (χ4v) is 4.82. The zero-order valence-corrected chi connectivity index (χ0v) is 22.0. The number of phenolic OH excluding ortho intramolecular Hbond substituents is 1. The molecular formula is C27H28BrN3O5. The molecule has 3 heterocycles. The number of halogens is 1. The standard InChI is InChI=1S/C27H28BrN3O5/c1-27(2,3)36-26(34)31-10-8-30(9-11-31)15-20-22(32)7-5-18-24(33)23(35-25(18)20)12-16-14-29-21-6-4-17(28)13-19(16)21/h4-7,12-14,29,32H,8-11,15H2,1-3H3/b23-12-. The summed E-state index contributed by atoms with van der Waals surface area (Å²) < 4.78 is 12.5. The second-order valence-corrected chi connectivity index (χ2v) is 11.0. The molecule has 8 nitrogen and oxygen atoms in total. The molecule has 0 spiro atoms. The second kappa shape index (κ2) is 9.29. The first-order valence-electron chi connectivity index (χ1n) is 11.8. The molecule has 2 N–H and O–H groups in total. The highest BCUT2D eigenvalue weighted by Gasteiger charge is 2.33. The summed E-state index contributed by atoms with van der Waals surface area (Å²) in [6.07, 6.45) is 3.25. The summed E-state index contributed by atoms with van der Waals surface area (Å²) in [6, 6.07) is 9.04. The van der Waals surface area contributed by atoms with Crippen LogP contribution in [0.5, 0.6) is 11.5 Å². The highest BCUT2D eigenvalue weighted by Crippen LogP contribution is 2.40. The van der Waals surface area contributed by atoms with Crippen LogP contribution in [0.15, 0.2) is 46.8 Å². The van der Waals surface area contributed by atoms with Gasteiger partial charge in [0.25, 0.3) is 0 Å². The Labute approximate surface area is 217 Å². The number of Topliss-reactive ketones (excluding diaryl/α,β-unsaturated/α-hetero) is 1. The molecule has 1 saturated heterocycles. The number of piperazine rings is 1. The number of amides is 1. The van der Waals surface area contributed by atoms with Crippen LogP contribution in [0.4, 0.5) is 4.79 Å². The van der Waals surface area contributed by atoms with Gasteiger partial charge in [0.15, 0.2) is 5.76 Å². The number of fused-ring (bicyclic) bond motifs is 2. The molecule has 1 amide bonds. The lowest BCUT2D eigenvalue weighted by Gasteiger charge is -2.35. The van der Waals surface area contributed by atoms with Crippen LogP contribution < -0.4 is 4.74 Å². The number of carbonyl (C=O) groups is 2. The molecule has 0 radical (unpaired) electrons. The van der Waals surface area contributed by atoms with Gasteiger partial charge in [-0.25, -0.2) is 4.79 Å². The van der Waals surface area contributed by atoms with Crippen LogP contribution >= 0.6 is 15.9 Å². The molecule has 2 aliphatic heterocycles. The van der Waals surface area contributed by atoms with E-state index < -0.39 is 5.60 Å². The van der Waals surface area contributed by atoms with Crippen LogP contribution in [0.2, 0.25) is 0 Å². The molecule has 1 aromatic heterocycles. The minimum Gasteiger partial charge on any atom is -0.507 e. The first-order valence-corrected chi connectivity index (χ1v) is 12.6. The summed E-state index contributed by atoms with van der Waals surface area (Å²) in [4.78, 5) is 32.5. The Kier molecular flexibility index (Phi) is 6.30. The quantitative estimate of drug-likeness (QED) is 0.427. The van der Waals surface area contributed by atoms with E-state index >= 15 is 0 Å². The van der Waals surface area contributed by atoms with Crippen molar-refractivity contribution in [1.82, 2.24) is 14.8 Å². The van der Waals surface area contributed by atoms with Crippen LogP contribution in [-0.4, -0.2) is 63.5 Å². The van der Waals surface area contributed by atoms with E-state index in [9.17, 15) is 14.7 Å². The number of hydrogen-bond acceptors (Lipinski definition) is 6. The molecule has 9 heteroatoms. The first kappa shape index (κ1) is 24.4. The number of rotatable bonds is 3. The summed E-state index contributed by atoms with van der Waals surface area (Å²) in [5.74, 6) is 0.466. The lowest BCUT2D eigenvalue weighted by molar-refractivity contribution is 0.0138. The predicted octanol–water partition coefficient (Wildman–Crippen LogP) is 5.30. The van der Waals surface area contributed by atoms with Gasteiger partial charge in [-0.15, -0.1) is 0 Å². The maximum Gasteiger partial charge on any atom is 0.410 e. The molecule has 0 saturated carbocycles. The van der Waals surface area contributed by atoms with Gasteiger partial charge in [-0.05, 0) is 57.2 Å². The molecule has 1 fully saturated rings. The van der Waals surface area contributed by atoms with E-state index in [4.69, 9.17) is 9.47 Å². The summed E-state index contributed by atoms with van der Waals surface area (Å²) >= 11 is 3.49. The zero-order valence-electron chi connectivity index (χ0n) is 20.4. The molecule has 0 bridgehead atoms. The zero-order chi connectivity index (χ0) is 25.6. The minimum absolute atomic E-state index is 0.0772. The Bertz CT molecular complexity index is 1380. The van der Waals surface area contributed by atoms with Crippen molar-refractivity contribution in [2.75, 3.05) is 26.2 Å². The molecule has 188 valence electrons. The van der Waals surface area contributed by atoms with E-state index in [1.165, 1.54) is 6.07 Å². The number of ketones is 1. The lowest BCUT2D eigenvalue weighted by Crippen LogP contribution is -2.49. The fraction of sp³-hybridized carbons (Fsp3) is 0.333. The van der Waals surface area contributed by atoms with Gasteiger partial charge in [-0.2, -0.15) is 0 Å². The molecule has 3 aromatic rings. The molecule has 0 atom stereocenters. The molecule has 0 aliphatic carbocycles. The summed E-state index contributed by atoms with van der Waals surface area (Å²) in [7, 11) is 0. The molecule has 2 aromatic carbocycles. The van der Waals surface area contributed by atoms with Crippen molar-refractivity contribution < 1.29 is 24.2 Å². The van der Waals surface area contributed by atoms with Crippen LogP contribution in [-0.2, 0) is 11.3 Å². The number of carbonyl (C=O) groups excluding carboxylic acids is 2. The highest BCUT2D eigenvalue weighted by atomic mass is 79.9. The van der Waals surface area contributed by atoms with E-state index in [0.29, 0.717) is 49.6 Å². The predicted molar refractivity (Wildman–Crippen MR) is 140 cm³/mol. The van der Waals surface area contributed by atoms with Crippen LogP contribution in [0, 0.1) is 0 Å². The van der Waals surface area contributed by atoms with Crippen molar-refractivity contribution in [3.8, 4) is 11.5 Å². The number of benzene rings is 2. The number of hydrogen-bond donors (Lipinski definition) is 2. The molecular weight excluding hydrogens is 526 g/mol. The summed E-state index contributed by atoms with van der Waals surface area (Å²) in [5.41, 5.74) is 2.26. The largest absolute Gasteiger partial charge is 0.507 e. The van der Waals surface area contributed by atoms with Crippen molar-refractivity contribution in [3.05, 3.63) is 63.5 Å². The smallest absolute Gasteiger partial charge is 0.410 e. The summed E-state index contributed by atoms with van der Waals surface area (Å²) in [6.45, 7) is 8.21. The third-order valence-corrected chi connectivity index (χ3v) is 6.78. The molecule has 5 rings (SSSR count). The van der Waals surface area contributed by atoms with E-state index in [1.54, 1.807) is 17.0 Å². The van der Waals surface area contributed by atoms with Gasteiger partial charge in [0.05, 0.1) is 11.1 Å². The molecule has 36 heavy (non-hydrogen) atoms. The Morgan fingerprint density at radius 3 is 2.67 bits per heavy atom. The Hall–Kier alpha value is -3.30. The van der Waals surface area contributed by atoms with Crippen LogP contribution in [0.1, 0.15) is 42.3 Å². The molecule has 2 aliphatic rings. The first-order chi connectivity index (χ1) is 17.1. The van der Waals surface area contributed by atoms with Crippen molar-refractivity contribution in [2.45, 2.75) is 32.9 Å². The van der Waals surface area contributed by atoms with Gasteiger partial charge in [0.2, 0.25) is 5.78 Å². The van der Waals surface area contributed by atoms with E-state index in [0.717, 1.165) is 20.9 Å². The maximum absolute atomic E-state index is 13.1. The number of nitrogens with zero attached hydrogens (tertiary/aromatic N) is 2. The van der Waals surface area contributed by atoms with Crippen molar-refractivity contribution in [1.29, 1.82) is 0 Å². The topological polar surface area (TPSA) is 95.1 Å². The van der Waals surface area contributed by atoms with Gasteiger partial charge >= 0.3 is 6.09 Å². The van der Waals surface area contributed by atoms with Crippen molar-refractivity contribution in [3.63, 3.8) is 0 Å². The van der Waals surface area contributed by atoms with E-state index in [2.05, 4.69) is 25.8 Å². The van der Waals surface area contributed by atoms with E-state index in [-0.39, 0.29) is 23.4 Å². The number of H-pyrrole nitrogens is 1. The minimum atomic E-state index is -0.539. The Balaban J connectivity index is 1.33. The van der Waals surface area contributed by atoms with Crippen LogP contribution in [0.3, 0.4) is 0 Å². The highest BCUT2D eigenvalue weighted by molar-refractivity contribution is 9.10. The van der Waals surface area contributed by atoms with Crippen molar-refractivity contribution >= 4 is 44.8 Å². The number of ether oxygens (including phenoxy) is 2. The number of nitrogens with one attached hydrogen (secondary N) is 1. The van der Waals surface area contributed by atoms with Crippen LogP contribution in [0.25, 0.3) is 17.0 Å². The summed E-state index contributed by atoms with van der Waals surface area (Å²) in [5, 5.41) is 11.6. The monoisotopic (exact) mass is 553 g/mol. The average Bonchev–Trinajstić information content (AvgIpc) is 3.36. The molecule has 0 unspecified atom stereocenters. The van der Waals surface area contributed by atoms with Gasteiger partial charge in [0, 0.05) is 59.9 Å². The third-order valence-electron chi connectivity index (χ3n) is 6.28. The lowest BCUT2D eigenvalue weighted by atomic mass is 10.0. The number of phenols is 1.